The molecule has 0 spiro atoms. The van der Waals surface area contributed by atoms with Gasteiger partial charge in [-0.1, -0.05) is 30.3 Å². The van der Waals surface area contributed by atoms with Crippen LogP contribution >= 0.6 is 0 Å². The van der Waals surface area contributed by atoms with E-state index < -0.39 is 10.1 Å². The van der Waals surface area contributed by atoms with Gasteiger partial charge in [0, 0.05) is 27.6 Å². The van der Waals surface area contributed by atoms with Crippen LogP contribution in [0.3, 0.4) is 0 Å². The molecule has 0 fully saturated rings. The van der Waals surface area contributed by atoms with Crippen LogP contribution in [0.5, 0.6) is 0 Å². The quantitative estimate of drug-likeness (QED) is 0.392. The van der Waals surface area contributed by atoms with Gasteiger partial charge in [-0.25, -0.2) is 0 Å². The Kier molecular flexibility index (Phi) is 4.14. The fraction of sp³-hybridized carbons (Fsp3) is 0.136. The molecule has 2 aromatic carbocycles. The van der Waals surface area contributed by atoms with Crippen LogP contribution in [0.15, 0.2) is 62.6 Å². The van der Waals surface area contributed by atoms with E-state index in [0.717, 1.165) is 11.1 Å². The molecule has 0 saturated heterocycles. The van der Waals surface area contributed by atoms with Crippen LogP contribution in [0, 0.1) is 20.8 Å². The molecule has 0 amide bonds. The maximum atomic E-state index is 12.2. The number of rotatable bonds is 2. The molecule has 1 aliphatic heterocycles. The zero-order valence-electron chi connectivity index (χ0n) is 15.6. The molecule has 0 aromatic heterocycles. The van der Waals surface area contributed by atoms with E-state index in [9.17, 15) is 17.8 Å². The summed E-state index contributed by atoms with van der Waals surface area (Å²) in [4.78, 5) is 12.0. The summed E-state index contributed by atoms with van der Waals surface area (Å²) in [5, 5.41) is 0.713. The SMILES string of the molecule is Cc1ccc2c(-c3ccccc3S(=O)(=O)O)c3ccc(=O)c(C)c-3oc2c1C. The van der Waals surface area contributed by atoms with Crippen molar-refractivity contribution in [2.45, 2.75) is 25.7 Å². The molecule has 0 saturated carbocycles. The number of fused-ring (bicyclic) bond motifs is 2. The minimum atomic E-state index is -4.45. The largest absolute Gasteiger partial charge is 0.455 e. The third-order valence-electron chi connectivity index (χ3n) is 5.21. The van der Waals surface area contributed by atoms with E-state index in [1.54, 1.807) is 31.2 Å². The van der Waals surface area contributed by atoms with Gasteiger partial charge in [0.1, 0.15) is 16.2 Å². The molecule has 4 rings (SSSR count). The van der Waals surface area contributed by atoms with Crippen molar-refractivity contribution in [1.82, 2.24) is 0 Å². The summed E-state index contributed by atoms with van der Waals surface area (Å²) >= 11 is 0. The van der Waals surface area contributed by atoms with Gasteiger partial charge in [-0.3, -0.25) is 9.35 Å². The number of aryl methyl sites for hydroxylation is 2. The highest BCUT2D eigenvalue weighted by atomic mass is 32.2. The van der Waals surface area contributed by atoms with E-state index in [0.29, 0.717) is 39.0 Å². The number of hydrogen-bond donors (Lipinski definition) is 1. The highest BCUT2D eigenvalue weighted by molar-refractivity contribution is 7.86. The average molecular weight is 394 g/mol. The summed E-state index contributed by atoms with van der Waals surface area (Å²) in [6.07, 6.45) is 0. The molecule has 6 heteroatoms. The van der Waals surface area contributed by atoms with Gasteiger partial charge in [0.15, 0.2) is 5.43 Å². The smallest absolute Gasteiger partial charge is 0.295 e. The molecule has 0 atom stereocenters. The van der Waals surface area contributed by atoms with Crippen LogP contribution in [0.2, 0.25) is 0 Å². The fourth-order valence-electron chi connectivity index (χ4n) is 3.56. The van der Waals surface area contributed by atoms with Crippen molar-refractivity contribution in [2.24, 2.45) is 0 Å². The lowest BCUT2D eigenvalue weighted by Gasteiger charge is -2.19. The van der Waals surface area contributed by atoms with Crippen molar-refractivity contribution in [2.75, 3.05) is 0 Å². The molecule has 5 nitrogen and oxygen atoms in total. The second-order valence-electron chi connectivity index (χ2n) is 6.90. The van der Waals surface area contributed by atoms with Gasteiger partial charge in [0.05, 0.1) is 0 Å². The minimum absolute atomic E-state index is 0.157. The van der Waals surface area contributed by atoms with Crippen LogP contribution in [0.25, 0.3) is 33.4 Å². The molecule has 142 valence electrons. The van der Waals surface area contributed by atoms with Crippen LogP contribution in [0.4, 0.5) is 0 Å². The summed E-state index contributed by atoms with van der Waals surface area (Å²) in [5.74, 6) is 0.411. The van der Waals surface area contributed by atoms with Crippen molar-refractivity contribution in [3.63, 3.8) is 0 Å². The lowest BCUT2D eigenvalue weighted by atomic mass is 9.90. The van der Waals surface area contributed by atoms with Gasteiger partial charge in [-0.15, -0.1) is 0 Å². The van der Waals surface area contributed by atoms with Crippen LogP contribution < -0.4 is 5.43 Å². The molecular weight excluding hydrogens is 376 g/mol. The van der Waals surface area contributed by atoms with Crippen molar-refractivity contribution < 1.29 is 17.4 Å². The molecule has 2 aromatic rings. The third-order valence-corrected chi connectivity index (χ3v) is 6.12. The Hall–Kier alpha value is -2.96. The topological polar surface area (TPSA) is 84.6 Å². The molecule has 1 heterocycles. The van der Waals surface area contributed by atoms with E-state index in [1.807, 2.05) is 26.0 Å². The third kappa shape index (κ3) is 2.73. The standard InChI is InChI=1S/C22H18O5S/c1-12-8-9-16-20(15-6-4-5-7-19(15)28(24,25)26)17-10-11-18(23)14(3)22(17)27-21(16)13(12)2/h4-11H,1-3H3,(H,24,25,26). The first kappa shape index (κ1) is 18.4. The highest BCUT2D eigenvalue weighted by Crippen LogP contribution is 2.43. The molecule has 0 bridgehead atoms. The number of hydrogen-bond acceptors (Lipinski definition) is 4. The van der Waals surface area contributed by atoms with Crippen molar-refractivity contribution >= 4 is 21.1 Å². The molecular formula is C22H18O5S. The maximum absolute atomic E-state index is 12.2. The predicted octanol–water partition coefficient (Wildman–Crippen LogP) is 4.74. The minimum Gasteiger partial charge on any atom is -0.455 e. The summed E-state index contributed by atoms with van der Waals surface area (Å²) in [6.45, 7) is 5.56. The van der Waals surface area contributed by atoms with E-state index >= 15 is 0 Å². The van der Waals surface area contributed by atoms with Gasteiger partial charge in [0.25, 0.3) is 10.1 Å². The first-order chi connectivity index (χ1) is 13.2. The lowest BCUT2D eigenvalue weighted by molar-refractivity contribution is 0.483. The second kappa shape index (κ2) is 6.29. The number of benzene rings is 3. The van der Waals surface area contributed by atoms with Crippen molar-refractivity contribution in [1.29, 1.82) is 0 Å². The normalized spacial score (nSPS) is 12.0. The first-order valence-electron chi connectivity index (χ1n) is 8.73. The zero-order chi connectivity index (χ0) is 20.2. The fourth-order valence-corrected chi connectivity index (χ4v) is 4.25. The second-order valence-corrected chi connectivity index (χ2v) is 8.29. The Labute approximate surface area is 162 Å². The predicted molar refractivity (Wildman–Crippen MR) is 109 cm³/mol. The van der Waals surface area contributed by atoms with Crippen molar-refractivity contribution in [3.05, 3.63) is 75.4 Å². The van der Waals surface area contributed by atoms with Crippen LogP contribution in [0.1, 0.15) is 16.7 Å². The van der Waals surface area contributed by atoms with E-state index in [4.69, 9.17) is 4.42 Å². The Morgan fingerprint density at radius 3 is 2.29 bits per heavy atom. The van der Waals surface area contributed by atoms with Gasteiger partial charge in [0.2, 0.25) is 0 Å². The van der Waals surface area contributed by atoms with Gasteiger partial charge >= 0.3 is 0 Å². The Morgan fingerprint density at radius 2 is 1.57 bits per heavy atom. The lowest BCUT2D eigenvalue weighted by Crippen LogP contribution is -2.08. The highest BCUT2D eigenvalue weighted by Gasteiger charge is 2.25. The van der Waals surface area contributed by atoms with Gasteiger partial charge < -0.3 is 4.42 Å². The Morgan fingerprint density at radius 1 is 0.857 bits per heavy atom. The monoisotopic (exact) mass is 394 g/mol. The van der Waals surface area contributed by atoms with E-state index in [2.05, 4.69) is 0 Å². The molecule has 1 N–H and O–H groups in total. The summed E-state index contributed by atoms with van der Waals surface area (Å²) in [5.41, 5.74) is 4.38. The molecule has 1 aliphatic carbocycles. The summed E-state index contributed by atoms with van der Waals surface area (Å²) < 4.78 is 40.0. The zero-order valence-corrected chi connectivity index (χ0v) is 16.4. The van der Waals surface area contributed by atoms with Crippen molar-refractivity contribution in [3.8, 4) is 22.5 Å². The van der Waals surface area contributed by atoms with Gasteiger partial charge in [-0.2, -0.15) is 8.42 Å². The molecule has 0 radical (unpaired) electrons. The van der Waals surface area contributed by atoms with E-state index in [-0.39, 0.29) is 10.3 Å². The Bertz CT molecular complexity index is 1380. The Balaban J connectivity index is 2.31. The maximum Gasteiger partial charge on any atom is 0.295 e. The van der Waals surface area contributed by atoms with Gasteiger partial charge in [-0.05, 0) is 50.1 Å². The van der Waals surface area contributed by atoms with Crippen LogP contribution in [-0.4, -0.2) is 13.0 Å². The average Bonchev–Trinajstić information content (AvgIpc) is 2.66. The van der Waals surface area contributed by atoms with E-state index in [1.165, 1.54) is 12.1 Å². The molecule has 2 aliphatic rings. The molecule has 0 unspecified atom stereocenters. The molecule has 28 heavy (non-hydrogen) atoms. The van der Waals surface area contributed by atoms with Crippen LogP contribution in [-0.2, 0) is 10.1 Å². The summed E-state index contributed by atoms with van der Waals surface area (Å²) in [7, 11) is -4.45. The summed E-state index contributed by atoms with van der Waals surface area (Å²) in [6, 6.07) is 13.2. The first-order valence-corrected chi connectivity index (χ1v) is 10.2.